The van der Waals surface area contributed by atoms with Crippen LogP contribution < -0.4 is 5.32 Å². The largest absolute Gasteiger partial charge is 0.425 e. The average Bonchev–Trinajstić information content (AvgIpc) is 3.22. The van der Waals surface area contributed by atoms with Gasteiger partial charge in [0.25, 0.3) is 0 Å². The topological polar surface area (TPSA) is 51.0 Å². The molecule has 1 fully saturated rings. The van der Waals surface area contributed by atoms with E-state index in [0.717, 1.165) is 47.7 Å². The highest BCUT2D eigenvalue weighted by molar-refractivity contribution is 9.10. The molecular formula is C16H20BrN3O. The normalized spacial score (nSPS) is 14.3. The standard InChI is InChI=1S/C16H20BrN3O/c17-13-5-4-6-14(11-13)18-10-3-1-2-7-15-19-20-16(21-15)12-8-9-12/h4-6,11-12,18H,1-3,7-10H2. The van der Waals surface area contributed by atoms with Gasteiger partial charge in [-0.2, -0.15) is 0 Å². The molecule has 5 heteroatoms. The van der Waals surface area contributed by atoms with Crippen molar-refractivity contribution < 1.29 is 4.42 Å². The third kappa shape index (κ3) is 4.56. The zero-order valence-corrected chi connectivity index (χ0v) is 13.6. The summed E-state index contributed by atoms with van der Waals surface area (Å²) in [7, 11) is 0. The Morgan fingerprint density at radius 3 is 2.90 bits per heavy atom. The molecule has 0 radical (unpaired) electrons. The number of hydrogen-bond acceptors (Lipinski definition) is 4. The minimum Gasteiger partial charge on any atom is -0.425 e. The number of hydrogen-bond donors (Lipinski definition) is 1. The van der Waals surface area contributed by atoms with Crippen molar-refractivity contribution in [2.45, 2.75) is 44.4 Å². The van der Waals surface area contributed by atoms with Crippen molar-refractivity contribution in [1.29, 1.82) is 0 Å². The summed E-state index contributed by atoms with van der Waals surface area (Å²) in [5.41, 5.74) is 1.16. The number of aromatic nitrogens is 2. The SMILES string of the molecule is Brc1cccc(NCCCCCc2nnc(C3CC3)o2)c1. The van der Waals surface area contributed by atoms with Crippen LogP contribution in [-0.4, -0.2) is 16.7 Å². The Morgan fingerprint density at radius 2 is 2.10 bits per heavy atom. The van der Waals surface area contributed by atoms with Crippen molar-refractivity contribution in [1.82, 2.24) is 10.2 Å². The third-order valence-corrected chi connectivity index (χ3v) is 4.12. The summed E-state index contributed by atoms with van der Waals surface area (Å²) in [6.45, 7) is 0.994. The highest BCUT2D eigenvalue weighted by atomic mass is 79.9. The second-order valence-electron chi connectivity index (χ2n) is 5.56. The van der Waals surface area contributed by atoms with E-state index in [2.05, 4.69) is 43.6 Å². The Kier molecular flexibility index (Phi) is 4.91. The molecule has 21 heavy (non-hydrogen) atoms. The van der Waals surface area contributed by atoms with Gasteiger partial charge in [0.15, 0.2) is 0 Å². The summed E-state index contributed by atoms with van der Waals surface area (Å²) < 4.78 is 6.76. The Labute approximate surface area is 133 Å². The van der Waals surface area contributed by atoms with Crippen LogP contribution in [0.1, 0.15) is 49.8 Å². The molecular weight excluding hydrogens is 330 g/mol. The molecule has 1 N–H and O–H groups in total. The van der Waals surface area contributed by atoms with Gasteiger partial charge in [0.1, 0.15) is 0 Å². The molecule has 3 rings (SSSR count). The molecule has 1 aliphatic carbocycles. The van der Waals surface area contributed by atoms with Crippen molar-refractivity contribution in [2.24, 2.45) is 0 Å². The lowest BCUT2D eigenvalue weighted by Gasteiger charge is -2.06. The third-order valence-electron chi connectivity index (χ3n) is 3.63. The number of benzene rings is 1. The molecule has 0 aliphatic heterocycles. The molecule has 1 aliphatic rings. The van der Waals surface area contributed by atoms with Crippen LogP contribution in [0.15, 0.2) is 33.2 Å². The summed E-state index contributed by atoms with van der Waals surface area (Å²) in [5.74, 6) is 2.21. The summed E-state index contributed by atoms with van der Waals surface area (Å²) in [6.07, 6.45) is 6.74. The van der Waals surface area contributed by atoms with Gasteiger partial charge >= 0.3 is 0 Å². The molecule has 0 spiro atoms. The minimum atomic E-state index is 0.556. The van der Waals surface area contributed by atoms with Gasteiger partial charge in [-0.1, -0.05) is 28.4 Å². The summed E-state index contributed by atoms with van der Waals surface area (Å²) in [5, 5.41) is 11.7. The predicted molar refractivity (Wildman–Crippen MR) is 86.5 cm³/mol. The van der Waals surface area contributed by atoms with Gasteiger partial charge in [-0.15, -0.1) is 10.2 Å². The molecule has 0 bridgehead atoms. The Balaban J connectivity index is 1.29. The highest BCUT2D eigenvalue weighted by Gasteiger charge is 2.29. The first-order chi connectivity index (χ1) is 10.3. The number of nitrogens with zero attached hydrogens (tertiary/aromatic N) is 2. The van der Waals surface area contributed by atoms with Crippen molar-refractivity contribution >= 4 is 21.6 Å². The van der Waals surface area contributed by atoms with E-state index in [1.54, 1.807) is 0 Å². The van der Waals surface area contributed by atoms with E-state index in [1.807, 2.05) is 12.1 Å². The quantitative estimate of drug-likeness (QED) is 0.711. The molecule has 0 unspecified atom stereocenters. The van der Waals surface area contributed by atoms with E-state index in [-0.39, 0.29) is 0 Å². The first-order valence-corrected chi connectivity index (χ1v) is 8.42. The molecule has 1 saturated carbocycles. The van der Waals surface area contributed by atoms with Gasteiger partial charge in [0.2, 0.25) is 11.8 Å². The summed E-state index contributed by atoms with van der Waals surface area (Å²) in [4.78, 5) is 0. The second-order valence-corrected chi connectivity index (χ2v) is 6.47. The number of nitrogens with one attached hydrogen (secondary N) is 1. The maximum absolute atomic E-state index is 5.65. The van der Waals surface area contributed by atoms with Gasteiger partial charge in [0, 0.05) is 29.0 Å². The van der Waals surface area contributed by atoms with Gasteiger partial charge in [-0.3, -0.25) is 0 Å². The number of unbranched alkanes of at least 4 members (excludes halogenated alkanes) is 2. The van der Waals surface area contributed by atoms with E-state index in [1.165, 1.54) is 19.3 Å². The van der Waals surface area contributed by atoms with Crippen LogP contribution in [0.2, 0.25) is 0 Å². The second kappa shape index (κ2) is 7.07. The van der Waals surface area contributed by atoms with E-state index in [9.17, 15) is 0 Å². The fourth-order valence-corrected chi connectivity index (χ4v) is 2.67. The van der Waals surface area contributed by atoms with Gasteiger partial charge in [-0.25, -0.2) is 0 Å². The monoisotopic (exact) mass is 349 g/mol. The maximum Gasteiger partial charge on any atom is 0.219 e. The lowest BCUT2D eigenvalue weighted by atomic mass is 10.2. The first-order valence-electron chi connectivity index (χ1n) is 7.63. The van der Waals surface area contributed by atoms with E-state index >= 15 is 0 Å². The molecule has 1 aromatic carbocycles. The Morgan fingerprint density at radius 1 is 1.19 bits per heavy atom. The maximum atomic E-state index is 5.65. The van der Waals surface area contributed by atoms with Gasteiger partial charge < -0.3 is 9.73 Å². The molecule has 0 saturated heterocycles. The van der Waals surface area contributed by atoms with Crippen LogP contribution in [0, 0.1) is 0 Å². The summed E-state index contributed by atoms with van der Waals surface area (Å²) >= 11 is 3.48. The number of aryl methyl sites for hydroxylation is 1. The first kappa shape index (κ1) is 14.6. The smallest absolute Gasteiger partial charge is 0.219 e. The van der Waals surface area contributed by atoms with E-state index < -0.39 is 0 Å². The zero-order valence-electron chi connectivity index (χ0n) is 12.0. The molecule has 112 valence electrons. The number of rotatable bonds is 8. The molecule has 0 atom stereocenters. The number of halogens is 1. The van der Waals surface area contributed by atoms with Gasteiger partial charge in [0.05, 0.1) is 0 Å². The van der Waals surface area contributed by atoms with Crippen LogP contribution in [0.3, 0.4) is 0 Å². The Hall–Kier alpha value is -1.36. The minimum absolute atomic E-state index is 0.556. The lowest BCUT2D eigenvalue weighted by Crippen LogP contribution is -2.01. The fourth-order valence-electron chi connectivity index (χ4n) is 2.27. The predicted octanol–water partition coefficient (Wildman–Crippen LogP) is 4.53. The number of anilines is 1. The van der Waals surface area contributed by atoms with E-state index in [0.29, 0.717) is 5.92 Å². The molecule has 0 amide bonds. The van der Waals surface area contributed by atoms with Gasteiger partial charge in [-0.05, 0) is 43.9 Å². The van der Waals surface area contributed by atoms with Crippen molar-refractivity contribution in [3.8, 4) is 0 Å². The highest BCUT2D eigenvalue weighted by Crippen LogP contribution is 2.39. The molecule has 4 nitrogen and oxygen atoms in total. The summed E-state index contributed by atoms with van der Waals surface area (Å²) in [6, 6.07) is 8.26. The van der Waals surface area contributed by atoms with Crippen LogP contribution >= 0.6 is 15.9 Å². The average molecular weight is 350 g/mol. The van der Waals surface area contributed by atoms with Crippen molar-refractivity contribution in [3.05, 3.63) is 40.5 Å². The zero-order chi connectivity index (χ0) is 14.5. The Bertz CT molecular complexity index is 580. The van der Waals surface area contributed by atoms with Crippen LogP contribution in [0.4, 0.5) is 5.69 Å². The fraction of sp³-hybridized carbons (Fsp3) is 0.500. The van der Waals surface area contributed by atoms with Crippen LogP contribution in [-0.2, 0) is 6.42 Å². The van der Waals surface area contributed by atoms with Crippen LogP contribution in [0.25, 0.3) is 0 Å². The molecule has 1 heterocycles. The van der Waals surface area contributed by atoms with Crippen molar-refractivity contribution in [3.63, 3.8) is 0 Å². The molecule has 1 aromatic heterocycles. The van der Waals surface area contributed by atoms with Crippen molar-refractivity contribution in [2.75, 3.05) is 11.9 Å². The molecule has 2 aromatic rings. The van der Waals surface area contributed by atoms with Crippen LogP contribution in [0.5, 0.6) is 0 Å². The lowest BCUT2D eigenvalue weighted by molar-refractivity contribution is 0.442. The van der Waals surface area contributed by atoms with E-state index in [4.69, 9.17) is 4.42 Å².